The molecule has 1 aromatic rings. The maximum atomic E-state index is 12.0. The molecule has 1 rings (SSSR count). The molecule has 5 nitrogen and oxygen atoms in total. The molecule has 4 N–H and O–H groups in total. The van der Waals surface area contributed by atoms with Gasteiger partial charge in [0, 0.05) is 0 Å². The third-order valence-electron chi connectivity index (χ3n) is 2.94. The molecule has 124 valence electrons. The largest absolute Gasteiger partial charge is 0.491 e. The number of carbonyl (C=O) groups excluding carboxylic acids is 1. The Morgan fingerprint density at radius 1 is 1.41 bits per heavy atom. The van der Waals surface area contributed by atoms with E-state index < -0.39 is 4.87 Å². The highest BCUT2D eigenvalue weighted by molar-refractivity contribution is 7.81. The molecule has 6 heteroatoms. The first-order valence-electron chi connectivity index (χ1n) is 7.51. The standard InChI is InChI=1S/C16H27N3O2S/c1-11(2)12-6-7-14(21-9-5-8-17)13(10-12)18-15(20)19-16(3,4)22/h6-7,10-11,22H,5,8-9,17H2,1-4H3,(H2,18,19,20). The van der Waals surface area contributed by atoms with Crippen molar-refractivity contribution < 1.29 is 9.53 Å². The number of hydrogen-bond donors (Lipinski definition) is 4. The van der Waals surface area contributed by atoms with Crippen molar-refractivity contribution in [2.75, 3.05) is 18.5 Å². The predicted octanol–water partition coefficient (Wildman–Crippen LogP) is 3.33. The van der Waals surface area contributed by atoms with E-state index >= 15 is 0 Å². The summed E-state index contributed by atoms with van der Waals surface area (Å²) < 4.78 is 5.70. The van der Waals surface area contributed by atoms with Gasteiger partial charge in [0.25, 0.3) is 0 Å². The number of ether oxygens (including phenoxy) is 1. The molecule has 0 saturated heterocycles. The Morgan fingerprint density at radius 3 is 2.64 bits per heavy atom. The maximum absolute atomic E-state index is 12.0. The maximum Gasteiger partial charge on any atom is 0.320 e. The Bertz CT molecular complexity index is 499. The summed E-state index contributed by atoms with van der Waals surface area (Å²) in [6.45, 7) is 8.90. The van der Waals surface area contributed by atoms with E-state index in [2.05, 4.69) is 37.1 Å². The molecule has 22 heavy (non-hydrogen) atoms. The molecule has 0 saturated carbocycles. The summed E-state index contributed by atoms with van der Waals surface area (Å²) in [5.41, 5.74) is 7.26. The summed E-state index contributed by atoms with van der Waals surface area (Å²) in [6, 6.07) is 5.51. The van der Waals surface area contributed by atoms with Crippen LogP contribution in [0.5, 0.6) is 5.75 Å². The summed E-state index contributed by atoms with van der Waals surface area (Å²) in [7, 11) is 0. The molecule has 0 bridgehead atoms. The summed E-state index contributed by atoms with van der Waals surface area (Å²) in [5, 5.41) is 5.58. The van der Waals surface area contributed by atoms with Gasteiger partial charge in [-0.15, -0.1) is 0 Å². The van der Waals surface area contributed by atoms with Crippen LogP contribution in [-0.2, 0) is 0 Å². The third kappa shape index (κ3) is 6.58. The number of nitrogens with one attached hydrogen (secondary N) is 2. The summed E-state index contributed by atoms with van der Waals surface area (Å²) in [5.74, 6) is 1.01. The number of benzene rings is 1. The number of carbonyl (C=O) groups is 1. The van der Waals surface area contributed by atoms with Crippen LogP contribution in [-0.4, -0.2) is 24.1 Å². The fourth-order valence-electron chi connectivity index (χ4n) is 1.83. The van der Waals surface area contributed by atoms with Crippen molar-refractivity contribution in [1.82, 2.24) is 5.32 Å². The summed E-state index contributed by atoms with van der Waals surface area (Å²) in [4.78, 5) is 11.4. The van der Waals surface area contributed by atoms with E-state index in [1.165, 1.54) is 0 Å². The van der Waals surface area contributed by atoms with Gasteiger partial charge < -0.3 is 21.1 Å². The second-order valence-corrected chi connectivity index (χ2v) is 7.16. The van der Waals surface area contributed by atoms with Crippen molar-refractivity contribution in [3.8, 4) is 5.75 Å². The zero-order chi connectivity index (χ0) is 16.8. The summed E-state index contributed by atoms with van der Waals surface area (Å²) in [6.07, 6.45) is 0.765. The monoisotopic (exact) mass is 325 g/mol. The highest BCUT2D eigenvalue weighted by Gasteiger charge is 2.16. The van der Waals surface area contributed by atoms with Crippen LogP contribution >= 0.6 is 12.6 Å². The molecule has 1 aromatic carbocycles. The number of nitrogens with two attached hydrogens (primary N) is 1. The molecule has 2 amide bonds. The van der Waals surface area contributed by atoms with Crippen molar-refractivity contribution in [2.45, 2.75) is 44.9 Å². The fraction of sp³-hybridized carbons (Fsp3) is 0.562. The molecule has 0 spiro atoms. The first kappa shape index (κ1) is 18.6. The Labute approximate surface area is 138 Å². The lowest BCUT2D eigenvalue weighted by molar-refractivity contribution is 0.248. The highest BCUT2D eigenvalue weighted by Crippen LogP contribution is 2.29. The Morgan fingerprint density at radius 2 is 2.09 bits per heavy atom. The molecule has 0 aromatic heterocycles. The highest BCUT2D eigenvalue weighted by atomic mass is 32.1. The minimum atomic E-state index is -0.597. The first-order chi connectivity index (χ1) is 10.2. The zero-order valence-corrected chi connectivity index (χ0v) is 14.7. The molecule has 0 fully saturated rings. The van der Waals surface area contributed by atoms with Gasteiger partial charge >= 0.3 is 6.03 Å². The summed E-state index contributed by atoms with van der Waals surface area (Å²) >= 11 is 4.29. The molecule has 0 unspecified atom stereocenters. The molecular formula is C16H27N3O2S. The fourth-order valence-corrected chi connectivity index (χ4v) is 1.93. The molecule has 0 aliphatic rings. The van der Waals surface area contributed by atoms with Gasteiger partial charge in [-0.25, -0.2) is 4.79 Å². The van der Waals surface area contributed by atoms with Crippen LogP contribution in [0.1, 0.15) is 45.6 Å². The van der Waals surface area contributed by atoms with Crippen LogP contribution < -0.4 is 21.1 Å². The van der Waals surface area contributed by atoms with E-state index in [4.69, 9.17) is 10.5 Å². The van der Waals surface area contributed by atoms with Gasteiger partial charge in [-0.3, -0.25) is 0 Å². The van der Waals surface area contributed by atoms with Crippen molar-refractivity contribution in [2.24, 2.45) is 5.73 Å². The topological polar surface area (TPSA) is 76.4 Å². The van der Waals surface area contributed by atoms with Gasteiger partial charge in [-0.05, 0) is 50.4 Å². The first-order valence-corrected chi connectivity index (χ1v) is 7.96. The smallest absolute Gasteiger partial charge is 0.320 e. The average molecular weight is 325 g/mol. The lowest BCUT2D eigenvalue weighted by Gasteiger charge is -2.21. The Kier molecular flexibility index (Phi) is 7.03. The van der Waals surface area contributed by atoms with Gasteiger partial charge in [-0.2, -0.15) is 12.6 Å². The molecule has 0 radical (unpaired) electrons. The minimum absolute atomic E-state index is 0.315. The van der Waals surface area contributed by atoms with Crippen molar-refractivity contribution in [3.63, 3.8) is 0 Å². The van der Waals surface area contributed by atoms with E-state index in [9.17, 15) is 4.79 Å². The number of amides is 2. The molecule has 0 heterocycles. The number of thiol groups is 1. The molecule has 0 atom stereocenters. The predicted molar refractivity (Wildman–Crippen MR) is 94.9 cm³/mol. The van der Waals surface area contributed by atoms with Gasteiger partial charge in [0.05, 0.1) is 17.2 Å². The second-order valence-electron chi connectivity index (χ2n) is 6.04. The van der Waals surface area contributed by atoms with Crippen LogP contribution in [0.3, 0.4) is 0 Å². The van der Waals surface area contributed by atoms with E-state index in [-0.39, 0.29) is 6.03 Å². The van der Waals surface area contributed by atoms with Crippen molar-refractivity contribution in [1.29, 1.82) is 0 Å². The van der Waals surface area contributed by atoms with Gasteiger partial charge in [0.15, 0.2) is 0 Å². The van der Waals surface area contributed by atoms with Crippen LogP contribution in [0.25, 0.3) is 0 Å². The van der Waals surface area contributed by atoms with E-state index in [1.54, 1.807) is 13.8 Å². The number of hydrogen-bond acceptors (Lipinski definition) is 4. The second kappa shape index (κ2) is 8.29. The van der Waals surface area contributed by atoms with Crippen LogP contribution in [0.2, 0.25) is 0 Å². The van der Waals surface area contributed by atoms with Gasteiger partial charge in [-0.1, -0.05) is 19.9 Å². The lowest BCUT2D eigenvalue weighted by atomic mass is 10.0. The Hall–Kier alpha value is -1.40. The molecule has 0 aliphatic carbocycles. The van der Waals surface area contributed by atoms with Crippen LogP contribution in [0.15, 0.2) is 18.2 Å². The number of anilines is 1. The van der Waals surface area contributed by atoms with Gasteiger partial charge in [0.1, 0.15) is 5.75 Å². The zero-order valence-electron chi connectivity index (χ0n) is 13.8. The normalized spacial score (nSPS) is 11.4. The van der Waals surface area contributed by atoms with E-state index in [0.29, 0.717) is 30.5 Å². The lowest BCUT2D eigenvalue weighted by Crippen LogP contribution is -2.41. The third-order valence-corrected chi connectivity index (χ3v) is 3.06. The molecular weight excluding hydrogens is 298 g/mol. The SMILES string of the molecule is CC(C)c1ccc(OCCCN)c(NC(=O)NC(C)(C)S)c1. The number of urea groups is 1. The number of rotatable bonds is 7. The van der Waals surface area contributed by atoms with Crippen LogP contribution in [0.4, 0.5) is 10.5 Å². The van der Waals surface area contributed by atoms with Crippen LogP contribution in [0, 0.1) is 0 Å². The Balaban J connectivity index is 2.91. The quantitative estimate of drug-likeness (QED) is 0.353. The van der Waals surface area contributed by atoms with Gasteiger partial charge in [0.2, 0.25) is 0 Å². The minimum Gasteiger partial charge on any atom is -0.491 e. The van der Waals surface area contributed by atoms with Crippen molar-refractivity contribution >= 4 is 24.3 Å². The molecule has 0 aliphatic heterocycles. The van der Waals surface area contributed by atoms with Crippen molar-refractivity contribution in [3.05, 3.63) is 23.8 Å². The van der Waals surface area contributed by atoms with E-state index in [1.807, 2.05) is 18.2 Å². The average Bonchev–Trinajstić information content (AvgIpc) is 2.38. The van der Waals surface area contributed by atoms with E-state index in [0.717, 1.165) is 12.0 Å².